The van der Waals surface area contributed by atoms with Gasteiger partial charge in [-0.05, 0) is 26.0 Å². The van der Waals surface area contributed by atoms with E-state index in [0.717, 1.165) is 11.0 Å². The SMILES string of the molecule is CC(C)N(CC(=O)O)C(=O)c1ccc(C(F)(F)F)[nH]c1=O. The second kappa shape index (κ2) is 5.98. The number of amides is 1. The summed E-state index contributed by atoms with van der Waals surface area (Å²) >= 11 is 0. The molecule has 1 heterocycles. The molecule has 9 heteroatoms. The number of aromatic nitrogens is 1. The lowest BCUT2D eigenvalue weighted by Crippen LogP contribution is -2.42. The number of pyridine rings is 1. The first kappa shape index (κ1) is 16.7. The zero-order valence-corrected chi connectivity index (χ0v) is 11.2. The Labute approximate surface area is 117 Å². The quantitative estimate of drug-likeness (QED) is 0.878. The van der Waals surface area contributed by atoms with Gasteiger partial charge in [-0.15, -0.1) is 0 Å². The van der Waals surface area contributed by atoms with Crippen molar-refractivity contribution in [1.82, 2.24) is 9.88 Å². The molecular formula is C12H13F3N2O4. The summed E-state index contributed by atoms with van der Waals surface area (Å²) in [6.07, 6.45) is -4.74. The number of carbonyl (C=O) groups excluding carboxylic acids is 1. The minimum atomic E-state index is -4.74. The average Bonchev–Trinajstić information content (AvgIpc) is 2.33. The van der Waals surface area contributed by atoms with E-state index in [-0.39, 0.29) is 0 Å². The Balaban J connectivity index is 3.18. The van der Waals surface area contributed by atoms with Crippen molar-refractivity contribution in [3.63, 3.8) is 0 Å². The van der Waals surface area contributed by atoms with Crippen LogP contribution in [0.15, 0.2) is 16.9 Å². The number of hydrogen-bond donors (Lipinski definition) is 2. The molecule has 1 aromatic rings. The number of alkyl halides is 3. The van der Waals surface area contributed by atoms with Crippen LogP contribution in [0.1, 0.15) is 29.9 Å². The number of carbonyl (C=O) groups is 2. The zero-order valence-electron chi connectivity index (χ0n) is 11.2. The summed E-state index contributed by atoms with van der Waals surface area (Å²) in [5.41, 5.74) is -3.04. The molecule has 0 bridgehead atoms. The Kier molecular flexibility index (Phi) is 4.77. The Morgan fingerprint density at radius 3 is 2.29 bits per heavy atom. The van der Waals surface area contributed by atoms with Gasteiger partial charge in [0, 0.05) is 6.04 Å². The number of aromatic amines is 1. The molecular weight excluding hydrogens is 293 g/mol. The van der Waals surface area contributed by atoms with Gasteiger partial charge in [-0.1, -0.05) is 0 Å². The van der Waals surface area contributed by atoms with Crippen LogP contribution in [0.5, 0.6) is 0 Å². The smallest absolute Gasteiger partial charge is 0.431 e. The van der Waals surface area contributed by atoms with Crippen molar-refractivity contribution in [2.75, 3.05) is 6.54 Å². The van der Waals surface area contributed by atoms with Crippen LogP contribution >= 0.6 is 0 Å². The van der Waals surface area contributed by atoms with E-state index in [4.69, 9.17) is 5.11 Å². The first-order valence-corrected chi connectivity index (χ1v) is 5.87. The highest BCUT2D eigenvalue weighted by atomic mass is 19.4. The minimum Gasteiger partial charge on any atom is -0.480 e. The molecule has 0 radical (unpaired) electrons. The molecule has 1 aromatic heterocycles. The molecule has 0 aromatic carbocycles. The molecule has 0 saturated carbocycles. The summed E-state index contributed by atoms with van der Waals surface area (Å²) in [5, 5.41) is 8.72. The van der Waals surface area contributed by atoms with E-state index in [0.29, 0.717) is 6.07 Å². The molecule has 0 aliphatic carbocycles. The highest BCUT2D eigenvalue weighted by Crippen LogP contribution is 2.26. The van der Waals surface area contributed by atoms with E-state index in [1.165, 1.54) is 13.8 Å². The van der Waals surface area contributed by atoms with Crippen LogP contribution in [0, 0.1) is 0 Å². The number of carboxylic acid groups (broad SMARTS) is 1. The number of hydrogen-bond acceptors (Lipinski definition) is 3. The number of nitrogens with zero attached hydrogens (tertiary/aromatic N) is 1. The Hall–Kier alpha value is -2.32. The molecule has 0 aliphatic rings. The molecule has 0 atom stereocenters. The van der Waals surface area contributed by atoms with E-state index in [2.05, 4.69) is 0 Å². The Morgan fingerprint density at radius 2 is 1.90 bits per heavy atom. The highest BCUT2D eigenvalue weighted by Gasteiger charge is 2.33. The van der Waals surface area contributed by atoms with Crippen LogP contribution in [-0.2, 0) is 11.0 Å². The number of aliphatic carboxylic acids is 1. The van der Waals surface area contributed by atoms with Crippen molar-refractivity contribution in [3.05, 3.63) is 33.7 Å². The maximum absolute atomic E-state index is 12.4. The summed E-state index contributed by atoms with van der Waals surface area (Å²) in [7, 11) is 0. The second-order valence-electron chi connectivity index (χ2n) is 4.53. The normalized spacial score (nSPS) is 11.5. The maximum Gasteiger partial charge on any atom is 0.431 e. The van der Waals surface area contributed by atoms with Gasteiger partial charge in [-0.3, -0.25) is 14.4 Å². The van der Waals surface area contributed by atoms with Crippen LogP contribution in [0.3, 0.4) is 0 Å². The van der Waals surface area contributed by atoms with Gasteiger partial charge >= 0.3 is 12.1 Å². The predicted molar refractivity (Wildman–Crippen MR) is 65.9 cm³/mol. The largest absolute Gasteiger partial charge is 0.480 e. The Morgan fingerprint density at radius 1 is 1.33 bits per heavy atom. The van der Waals surface area contributed by atoms with Crippen molar-refractivity contribution in [3.8, 4) is 0 Å². The summed E-state index contributed by atoms with van der Waals surface area (Å²) in [4.78, 5) is 36.8. The molecule has 1 rings (SSSR count). The van der Waals surface area contributed by atoms with Gasteiger partial charge in [-0.25, -0.2) is 0 Å². The monoisotopic (exact) mass is 306 g/mol. The fraction of sp³-hybridized carbons (Fsp3) is 0.417. The average molecular weight is 306 g/mol. The van der Waals surface area contributed by atoms with E-state index in [9.17, 15) is 27.6 Å². The molecule has 0 spiro atoms. The van der Waals surface area contributed by atoms with Crippen molar-refractivity contribution >= 4 is 11.9 Å². The van der Waals surface area contributed by atoms with Crippen molar-refractivity contribution in [2.24, 2.45) is 0 Å². The minimum absolute atomic E-state index is 0.532. The molecule has 0 saturated heterocycles. The van der Waals surface area contributed by atoms with Crippen LogP contribution in [0.25, 0.3) is 0 Å². The number of H-pyrrole nitrogens is 1. The number of carboxylic acids is 1. The van der Waals surface area contributed by atoms with Gasteiger partial charge in [0.15, 0.2) is 0 Å². The lowest BCUT2D eigenvalue weighted by atomic mass is 10.2. The van der Waals surface area contributed by atoms with Gasteiger partial charge < -0.3 is 15.0 Å². The number of nitrogens with one attached hydrogen (secondary N) is 1. The fourth-order valence-corrected chi connectivity index (χ4v) is 1.60. The second-order valence-corrected chi connectivity index (χ2v) is 4.53. The summed E-state index contributed by atoms with van der Waals surface area (Å²) in [6, 6.07) is 0.769. The lowest BCUT2D eigenvalue weighted by Gasteiger charge is -2.24. The summed E-state index contributed by atoms with van der Waals surface area (Å²) < 4.78 is 37.2. The third-order valence-electron chi connectivity index (χ3n) is 2.64. The molecule has 2 N–H and O–H groups in total. The maximum atomic E-state index is 12.4. The van der Waals surface area contributed by atoms with Gasteiger partial charge in [0.25, 0.3) is 11.5 Å². The molecule has 21 heavy (non-hydrogen) atoms. The van der Waals surface area contributed by atoms with Crippen LogP contribution in [0.2, 0.25) is 0 Å². The van der Waals surface area contributed by atoms with Crippen LogP contribution in [-0.4, -0.2) is 39.5 Å². The van der Waals surface area contributed by atoms with Gasteiger partial charge in [-0.2, -0.15) is 13.2 Å². The van der Waals surface area contributed by atoms with E-state index in [1.807, 2.05) is 0 Å². The van der Waals surface area contributed by atoms with Crippen LogP contribution in [0.4, 0.5) is 13.2 Å². The van der Waals surface area contributed by atoms with E-state index < -0.39 is 47.5 Å². The van der Waals surface area contributed by atoms with E-state index >= 15 is 0 Å². The van der Waals surface area contributed by atoms with Gasteiger partial charge in [0.2, 0.25) is 0 Å². The molecule has 1 amide bonds. The van der Waals surface area contributed by atoms with Gasteiger partial charge in [0.1, 0.15) is 17.8 Å². The van der Waals surface area contributed by atoms with Crippen molar-refractivity contribution in [2.45, 2.75) is 26.1 Å². The predicted octanol–water partition coefficient (Wildman–Crippen LogP) is 1.33. The standard InChI is InChI=1S/C12H13F3N2O4/c1-6(2)17(5-9(18)19)11(21)7-3-4-8(12(13,14)15)16-10(7)20/h3-4,6H,5H2,1-2H3,(H,16,20)(H,18,19). The summed E-state index contributed by atoms with van der Waals surface area (Å²) in [6.45, 7) is 2.40. The highest BCUT2D eigenvalue weighted by molar-refractivity contribution is 5.95. The summed E-state index contributed by atoms with van der Waals surface area (Å²) in [5.74, 6) is -2.23. The lowest BCUT2D eigenvalue weighted by molar-refractivity contribution is -0.141. The molecule has 0 aliphatic heterocycles. The first-order chi connectivity index (χ1) is 9.54. The number of halogens is 3. The zero-order chi connectivity index (χ0) is 16.4. The van der Waals surface area contributed by atoms with E-state index in [1.54, 1.807) is 4.98 Å². The third-order valence-corrected chi connectivity index (χ3v) is 2.64. The van der Waals surface area contributed by atoms with Crippen LogP contribution < -0.4 is 5.56 Å². The topological polar surface area (TPSA) is 90.5 Å². The van der Waals surface area contributed by atoms with Crippen molar-refractivity contribution < 1.29 is 27.9 Å². The fourth-order valence-electron chi connectivity index (χ4n) is 1.60. The Bertz CT molecular complexity index is 607. The third kappa shape index (κ3) is 4.07. The molecule has 6 nitrogen and oxygen atoms in total. The first-order valence-electron chi connectivity index (χ1n) is 5.87. The molecule has 116 valence electrons. The number of rotatable bonds is 4. The van der Waals surface area contributed by atoms with Gasteiger partial charge in [0.05, 0.1) is 0 Å². The molecule has 0 unspecified atom stereocenters. The van der Waals surface area contributed by atoms with Crippen molar-refractivity contribution in [1.29, 1.82) is 0 Å². The molecule has 0 fully saturated rings.